The number of aliphatic hydroxyl groups excluding tert-OH is 1. The molecular formula is C15H19ClN4O2. The standard InChI is InChI=1S/C15H19ClN4O2/c1-3-11(21)8-9-17-15(22)14-10(2)20(19-18-14)13-7-5-4-6-12(13)16/h4-7,11,21H,3,8-9H2,1-2H3,(H,17,22). The Bertz CT molecular complexity index is 657. The van der Waals surface area contributed by atoms with E-state index < -0.39 is 6.10 Å². The molecule has 0 aliphatic carbocycles. The molecule has 0 radical (unpaired) electrons. The van der Waals surface area contributed by atoms with Crippen molar-refractivity contribution in [2.75, 3.05) is 6.54 Å². The lowest BCUT2D eigenvalue weighted by Gasteiger charge is -2.08. The number of nitrogens with zero attached hydrogens (tertiary/aromatic N) is 3. The lowest BCUT2D eigenvalue weighted by molar-refractivity contribution is 0.0936. The van der Waals surface area contributed by atoms with Gasteiger partial charge in [0.15, 0.2) is 5.69 Å². The summed E-state index contributed by atoms with van der Waals surface area (Å²) in [6, 6.07) is 7.23. The van der Waals surface area contributed by atoms with Gasteiger partial charge in [0.2, 0.25) is 0 Å². The molecule has 0 spiro atoms. The second-order valence-electron chi connectivity index (χ2n) is 4.99. The molecule has 0 fully saturated rings. The molecule has 1 heterocycles. The third-order valence-corrected chi connectivity index (χ3v) is 3.74. The Labute approximate surface area is 134 Å². The monoisotopic (exact) mass is 322 g/mol. The fourth-order valence-corrected chi connectivity index (χ4v) is 2.25. The van der Waals surface area contributed by atoms with Gasteiger partial charge in [0.05, 0.1) is 22.5 Å². The van der Waals surface area contributed by atoms with Gasteiger partial charge in [-0.2, -0.15) is 0 Å². The van der Waals surface area contributed by atoms with Gasteiger partial charge in [-0.05, 0) is 31.9 Å². The molecule has 2 rings (SSSR count). The van der Waals surface area contributed by atoms with E-state index in [0.717, 1.165) is 0 Å². The third kappa shape index (κ3) is 3.64. The van der Waals surface area contributed by atoms with Crippen LogP contribution in [0.4, 0.5) is 0 Å². The van der Waals surface area contributed by atoms with Gasteiger partial charge in [0.25, 0.3) is 5.91 Å². The maximum atomic E-state index is 12.1. The number of amides is 1. The maximum Gasteiger partial charge on any atom is 0.273 e. The summed E-state index contributed by atoms with van der Waals surface area (Å²) in [5.74, 6) is -0.306. The normalized spacial score (nSPS) is 12.2. The molecule has 0 saturated carbocycles. The van der Waals surface area contributed by atoms with Gasteiger partial charge in [-0.15, -0.1) is 5.10 Å². The number of aliphatic hydroxyl groups is 1. The van der Waals surface area contributed by atoms with Crippen molar-refractivity contribution in [3.63, 3.8) is 0 Å². The first-order valence-electron chi connectivity index (χ1n) is 7.18. The number of rotatable bonds is 6. The molecular weight excluding hydrogens is 304 g/mol. The van der Waals surface area contributed by atoms with E-state index in [4.69, 9.17) is 11.6 Å². The predicted octanol–water partition coefficient (Wildman–Crippen LogP) is 2.12. The summed E-state index contributed by atoms with van der Waals surface area (Å²) in [5.41, 5.74) is 1.54. The molecule has 0 aliphatic heterocycles. The van der Waals surface area contributed by atoms with Gasteiger partial charge < -0.3 is 10.4 Å². The summed E-state index contributed by atoms with van der Waals surface area (Å²) in [4.78, 5) is 12.1. The lowest BCUT2D eigenvalue weighted by Crippen LogP contribution is -2.28. The first-order chi connectivity index (χ1) is 10.5. The highest BCUT2D eigenvalue weighted by Crippen LogP contribution is 2.21. The second kappa shape index (κ2) is 7.38. The molecule has 1 aromatic heterocycles. The molecule has 1 aromatic carbocycles. The Morgan fingerprint density at radius 1 is 1.45 bits per heavy atom. The van der Waals surface area contributed by atoms with Crippen LogP contribution < -0.4 is 5.32 Å². The van der Waals surface area contributed by atoms with Crippen LogP contribution in [0.15, 0.2) is 24.3 Å². The number of para-hydroxylation sites is 1. The van der Waals surface area contributed by atoms with Gasteiger partial charge in [0, 0.05) is 6.54 Å². The first-order valence-corrected chi connectivity index (χ1v) is 7.55. The van der Waals surface area contributed by atoms with E-state index in [1.54, 1.807) is 13.0 Å². The van der Waals surface area contributed by atoms with Gasteiger partial charge in [-0.1, -0.05) is 35.9 Å². The van der Waals surface area contributed by atoms with Crippen molar-refractivity contribution in [1.82, 2.24) is 20.3 Å². The molecule has 1 amide bonds. The number of carbonyl (C=O) groups excluding carboxylic acids is 1. The number of carbonyl (C=O) groups is 1. The zero-order valence-corrected chi connectivity index (χ0v) is 13.3. The number of nitrogens with one attached hydrogen (secondary N) is 1. The van der Waals surface area contributed by atoms with Crippen molar-refractivity contribution in [1.29, 1.82) is 0 Å². The minimum Gasteiger partial charge on any atom is -0.393 e. The van der Waals surface area contributed by atoms with E-state index in [2.05, 4.69) is 15.6 Å². The Balaban J connectivity index is 2.11. The van der Waals surface area contributed by atoms with Gasteiger partial charge in [0.1, 0.15) is 0 Å². The zero-order chi connectivity index (χ0) is 16.1. The fourth-order valence-electron chi connectivity index (χ4n) is 2.03. The van der Waals surface area contributed by atoms with Crippen LogP contribution in [0.5, 0.6) is 0 Å². The van der Waals surface area contributed by atoms with Gasteiger partial charge in [-0.3, -0.25) is 4.79 Å². The molecule has 2 N–H and O–H groups in total. The second-order valence-corrected chi connectivity index (χ2v) is 5.40. The van der Waals surface area contributed by atoms with Crippen LogP contribution in [-0.2, 0) is 0 Å². The maximum absolute atomic E-state index is 12.1. The highest BCUT2D eigenvalue weighted by atomic mass is 35.5. The van der Waals surface area contributed by atoms with Crippen molar-refractivity contribution in [2.24, 2.45) is 0 Å². The number of benzene rings is 1. The molecule has 0 saturated heterocycles. The van der Waals surface area contributed by atoms with Crippen LogP contribution in [0.1, 0.15) is 35.9 Å². The number of hydrogen-bond acceptors (Lipinski definition) is 4. The van der Waals surface area contributed by atoms with Crippen LogP contribution >= 0.6 is 11.6 Å². The molecule has 0 aliphatic rings. The Morgan fingerprint density at radius 2 is 2.18 bits per heavy atom. The molecule has 6 nitrogen and oxygen atoms in total. The lowest BCUT2D eigenvalue weighted by atomic mass is 10.2. The van der Waals surface area contributed by atoms with E-state index in [-0.39, 0.29) is 11.6 Å². The minimum atomic E-state index is -0.403. The van der Waals surface area contributed by atoms with Crippen molar-refractivity contribution >= 4 is 17.5 Å². The summed E-state index contributed by atoms with van der Waals surface area (Å²) in [6.07, 6.45) is 0.776. The zero-order valence-electron chi connectivity index (χ0n) is 12.6. The largest absolute Gasteiger partial charge is 0.393 e. The molecule has 2 aromatic rings. The quantitative estimate of drug-likeness (QED) is 0.853. The van der Waals surface area contributed by atoms with Crippen LogP contribution in [-0.4, -0.2) is 38.7 Å². The van der Waals surface area contributed by atoms with E-state index in [0.29, 0.717) is 35.8 Å². The number of aromatic nitrogens is 3. The smallest absolute Gasteiger partial charge is 0.273 e. The predicted molar refractivity (Wildman–Crippen MR) is 84.4 cm³/mol. The van der Waals surface area contributed by atoms with Crippen molar-refractivity contribution in [2.45, 2.75) is 32.8 Å². The summed E-state index contributed by atoms with van der Waals surface area (Å²) < 4.78 is 1.54. The van der Waals surface area contributed by atoms with Crippen molar-refractivity contribution in [3.05, 3.63) is 40.7 Å². The highest BCUT2D eigenvalue weighted by Gasteiger charge is 2.18. The molecule has 1 atom stereocenters. The highest BCUT2D eigenvalue weighted by molar-refractivity contribution is 6.32. The summed E-state index contributed by atoms with van der Waals surface area (Å²) in [5, 5.41) is 20.7. The summed E-state index contributed by atoms with van der Waals surface area (Å²) in [6.45, 7) is 4.05. The van der Waals surface area contributed by atoms with Crippen molar-refractivity contribution in [3.8, 4) is 5.69 Å². The SMILES string of the molecule is CCC(O)CCNC(=O)c1nnn(-c2ccccc2Cl)c1C. The van der Waals surface area contributed by atoms with Gasteiger partial charge in [-0.25, -0.2) is 4.68 Å². The van der Waals surface area contributed by atoms with E-state index in [1.165, 1.54) is 4.68 Å². The van der Waals surface area contributed by atoms with E-state index in [1.807, 2.05) is 25.1 Å². The fraction of sp³-hybridized carbons (Fsp3) is 0.400. The molecule has 0 bridgehead atoms. The third-order valence-electron chi connectivity index (χ3n) is 3.42. The molecule has 1 unspecified atom stereocenters. The van der Waals surface area contributed by atoms with Gasteiger partial charge >= 0.3 is 0 Å². The molecule has 22 heavy (non-hydrogen) atoms. The van der Waals surface area contributed by atoms with Crippen LogP contribution in [0.3, 0.4) is 0 Å². The Hall–Kier alpha value is -1.92. The Morgan fingerprint density at radius 3 is 2.86 bits per heavy atom. The van der Waals surface area contributed by atoms with Crippen LogP contribution in [0.25, 0.3) is 5.69 Å². The Kier molecular flexibility index (Phi) is 5.51. The average Bonchev–Trinajstić information content (AvgIpc) is 2.89. The van der Waals surface area contributed by atoms with E-state index in [9.17, 15) is 9.90 Å². The number of hydrogen-bond donors (Lipinski definition) is 2. The molecule has 118 valence electrons. The van der Waals surface area contributed by atoms with E-state index >= 15 is 0 Å². The average molecular weight is 323 g/mol. The van der Waals surface area contributed by atoms with Crippen LogP contribution in [0, 0.1) is 6.92 Å². The topological polar surface area (TPSA) is 80.0 Å². The molecule has 7 heteroatoms. The minimum absolute atomic E-state index is 0.255. The summed E-state index contributed by atoms with van der Waals surface area (Å²) >= 11 is 6.14. The first kappa shape index (κ1) is 16.5. The van der Waals surface area contributed by atoms with Crippen LogP contribution in [0.2, 0.25) is 5.02 Å². The summed E-state index contributed by atoms with van der Waals surface area (Å²) in [7, 11) is 0. The van der Waals surface area contributed by atoms with Crippen molar-refractivity contribution < 1.29 is 9.90 Å². The number of halogens is 1.